The predicted molar refractivity (Wildman–Crippen MR) is 78.5 cm³/mol. The third kappa shape index (κ3) is 3.59. The van der Waals surface area contributed by atoms with Gasteiger partial charge in [-0.2, -0.15) is 0 Å². The molecule has 0 aliphatic rings. The highest BCUT2D eigenvalue weighted by Crippen LogP contribution is 2.14. The van der Waals surface area contributed by atoms with Crippen LogP contribution >= 0.6 is 0 Å². The summed E-state index contributed by atoms with van der Waals surface area (Å²) >= 11 is 0. The molecule has 0 saturated carbocycles. The molecule has 2 rings (SSSR count). The summed E-state index contributed by atoms with van der Waals surface area (Å²) < 4.78 is 0. The van der Waals surface area contributed by atoms with Crippen LogP contribution in [0.2, 0.25) is 0 Å². The molecule has 0 atom stereocenters. The van der Waals surface area contributed by atoms with Crippen molar-refractivity contribution in [1.29, 1.82) is 0 Å². The number of oxime groups is 1. The fourth-order valence-electron chi connectivity index (χ4n) is 1.82. The summed E-state index contributed by atoms with van der Waals surface area (Å²) in [4.78, 5) is 26.2. The number of hydrogen-bond donors (Lipinski definition) is 4. The van der Waals surface area contributed by atoms with Gasteiger partial charge in [-0.25, -0.2) is 0 Å². The van der Waals surface area contributed by atoms with Crippen molar-refractivity contribution in [3.63, 3.8) is 0 Å². The van der Waals surface area contributed by atoms with E-state index in [-0.39, 0.29) is 24.7 Å². The first kappa shape index (κ1) is 14.6. The summed E-state index contributed by atoms with van der Waals surface area (Å²) in [6.07, 6.45) is 0. The monoisotopic (exact) mass is 288 g/mol. The largest absolute Gasteiger partial charge is 0.410 e. The molecule has 1 heterocycles. The van der Waals surface area contributed by atoms with Gasteiger partial charge in [-0.05, 0) is 19.1 Å². The molecule has 1 aromatic heterocycles. The minimum absolute atomic E-state index is 0.0306. The third-order valence-electron chi connectivity index (χ3n) is 2.95. The lowest BCUT2D eigenvalue weighted by molar-refractivity contribution is -0.114. The molecule has 4 N–H and O–H groups in total. The number of para-hydroxylation sites is 1. The lowest BCUT2D eigenvalue weighted by atomic mass is 10.2. The second-order valence-corrected chi connectivity index (χ2v) is 4.47. The van der Waals surface area contributed by atoms with E-state index in [0.717, 1.165) is 10.9 Å². The van der Waals surface area contributed by atoms with Crippen molar-refractivity contribution in [2.75, 3.05) is 13.1 Å². The Morgan fingerprint density at radius 3 is 2.67 bits per heavy atom. The number of fused-ring (bicyclic) bond motifs is 1. The number of nitrogens with zero attached hydrogens (tertiary/aromatic N) is 1. The molecule has 0 radical (unpaired) electrons. The summed E-state index contributed by atoms with van der Waals surface area (Å²) in [5.41, 5.74) is 1.33. The number of aromatic nitrogens is 1. The Morgan fingerprint density at radius 2 is 1.95 bits per heavy atom. The van der Waals surface area contributed by atoms with Crippen molar-refractivity contribution < 1.29 is 14.8 Å². The molecule has 0 fully saturated rings. The Balaban J connectivity index is 1.83. The Hall–Kier alpha value is -2.83. The van der Waals surface area contributed by atoms with Crippen LogP contribution < -0.4 is 10.6 Å². The molecule has 0 spiro atoms. The second kappa shape index (κ2) is 6.56. The molecule has 7 heteroatoms. The smallest absolute Gasteiger partial charge is 0.268 e. The highest BCUT2D eigenvalue weighted by Gasteiger charge is 2.09. The summed E-state index contributed by atoms with van der Waals surface area (Å²) in [5.74, 6) is -0.717. The molecule has 0 aliphatic carbocycles. The number of benzene rings is 1. The first-order valence-corrected chi connectivity index (χ1v) is 6.44. The molecule has 0 bridgehead atoms. The highest BCUT2D eigenvalue weighted by atomic mass is 16.4. The molecule has 21 heavy (non-hydrogen) atoms. The van der Waals surface area contributed by atoms with Crippen LogP contribution in [-0.2, 0) is 4.79 Å². The van der Waals surface area contributed by atoms with Gasteiger partial charge in [0.15, 0.2) is 0 Å². The lowest BCUT2D eigenvalue weighted by Gasteiger charge is -2.05. The zero-order valence-corrected chi connectivity index (χ0v) is 11.5. The number of carbonyl (C=O) groups is 2. The zero-order chi connectivity index (χ0) is 15.2. The van der Waals surface area contributed by atoms with E-state index in [0.29, 0.717) is 5.69 Å². The van der Waals surface area contributed by atoms with E-state index in [1.54, 1.807) is 6.07 Å². The maximum absolute atomic E-state index is 11.9. The Morgan fingerprint density at radius 1 is 1.24 bits per heavy atom. The molecule has 110 valence electrons. The molecular weight excluding hydrogens is 272 g/mol. The van der Waals surface area contributed by atoms with Crippen LogP contribution in [0, 0.1) is 0 Å². The van der Waals surface area contributed by atoms with Crippen molar-refractivity contribution in [3.05, 3.63) is 36.0 Å². The number of hydrogen-bond acceptors (Lipinski definition) is 4. The van der Waals surface area contributed by atoms with Crippen LogP contribution in [0.1, 0.15) is 17.4 Å². The van der Waals surface area contributed by atoms with Gasteiger partial charge in [-0.3, -0.25) is 9.59 Å². The topological polar surface area (TPSA) is 107 Å². The van der Waals surface area contributed by atoms with Gasteiger partial charge in [0.25, 0.3) is 11.8 Å². The zero-order valence-electron chi connectivity index (χ0n) is 11.5. The van der Waals surface area contributed by atoms with Gasteiger partial charge < -0.3 is 20.8 Å². The second-order valence-electron chi connectivity index (χ2n) is 4.47. The molecule has 2 amide bonds. The standard InChI is InChI=1S/C14H16N4O3/c1-9(18-21)13(19)15-6-7-16-14(20)12-8-10-4-2-3-5-11(10)17-12/h2-5,8,17,21H,6-7H2,1H3,(H,15,19)(H,16,20)/b18-9+. The number of rotatable bonds is 5. The van der Waals surface area contributed by atoms with E-state index in [2.05, 4.69) is 20.8 Å². The number of H-pyrrole nitrogens is 1. The lowest BCUT2D eigenvalue weighted by Crippen LogP contribution is -2.37. The minimum Gasteiger partial charge on any atom is -0.410 e. The van der Waals surface area contributed by atoms with Crippen LogP contribution in [0.3, 0.4) is 0 Å². The number of amides is 2. The first-order chi connectivity index (χ1) is 10.1. The maximum atomic E-state index is 11.9. The van der Waals surface area contributed by atoms with Gasteiger partial charge in [0.2, 0.25) is 0 Å². The normalized spacial score (nSPS) is 11.4. The van der Waals surface area contributed by atoms with E-state index in [1.165, 1.54) is 6.92 Å². The SMILES string of the molecule is C/C(=N\O)C(=O)NCCNC(=O)c1cc2ccccc2[nH]1. The van der Waals surface area contributed by atoms with Crippen LogP contribution in [0.5, 0.6) is 0 Å². The Labute approximate surface area is 121 Å². The molecule has 0 unspecified atom stereocenters. The molecule has 1 aromatic carbocycles. The fraction of sp³-hybridized carbons (Fsp3) is 0.214. The quantitative estimate of drug-likeness (QED) is 0.284. The van der Waals surface area contributed by atoms with Crippen molar-refractivity contribution in [3.8, 4) is 0 Å². The van der Waals surface area contributed by atoms with Gasteiger partial charge in [-0.15, -0.1) is 0 Å². The summed E-state index contributed by atoms with van der Waals surface area (Å²) in [5, 5.41) is 17.4. The predicted octanol–water partition coefficient (Wildman–Crippen LogP) is 0.864. The average molecular weight is 288 g/mol. The fourth-order valence-corrected chi connectivity index (χ4v) is 1.82. The molecule has 0 saturated heterocycles. The van der Waals surface area contributed by atoms with Crippen molar-refractivity contribution >= 4 is 28.4 Å². The van der Waals surface area contributed by atoms with Gasteiger partial charge in [-0.1, -0.05) is 23.4 Å². The van der Waals surface area contributed by atoms with Gasteiger partial charge in [0.05, 0.1) is 0 Å². The van der Waals surface area contributed by atoms with Crippen molar-refractivity contribution in [2.45, 2.75) is 6.92 Å². The third-order valence-corrected chi connectivity index (χ3v) is 2.95. The first-order valence-electron chi connectivity index (χ1n) is 6.44. The Kier molecular flexibility index (Phi) is 4.55. The van der Waals surface area contributed by atoms with Gasteiger partial charge in [0, 0.05) is 24.0 Å². The Bertz CT molecular complexity index is 657. The molecule has 2 aromatic rings. The summed E-state index contributed by atoms with van der Waals surface area (Å²) in [6, 6.07) is 9.37. The summed E-state index contributed by atoms with van der Waals surface area (Å²) in [7, 11) is 0. The van der Waals surface area contributed by atoms with Crippen molar-refractivity contribution in [2.24, 2.45) is 5.16 Å². The van der Waals surface area contributed by atoms with Crippen molar-refractivity contribution in [1.82, 2.24) is 15.6 Å². The van der Waals surface area contributed by atoms with Crippen LogP contribution in [0.4, 0.5) is 0 Å². The van der Waals surface area contributed by atoms with E-state index < -0.39 is 5.91 Å². The average Bonchev–Trinajstić information content (AvgIpc) is 2.94. The maximum Gasteiger partial charge on any atom is 0.268 e. The molecule has 7 nitrogen and oxygen atoms in total. The highest BCUT2D eigenvalue weighted by molar-refractivity contribution is 6.37. The van der Waals surface area contributed by atoms with E-state index >= 15 is 0 Å². The van der Waals surface area contributed by atoms with Gasteiger partial charge >= 0.3 is 0 Å². The summed E-state index contributed by atoms with van der Waals surface area (Å²) in [6.45, 7) is 1.91. The number of nitrogens with one attached hydrogen (secondary N) is 3. The van der Waals surface area contributed by atoms with Crippen LogP contribution in [0.25, 0.3) is 10.9 Å². The molecule has 0 aliphatic heterocycles. The minimum atomic E-state index is -0.475. The van der Waals surface area contributed by atoms with Gasteiger partial charge in [0.1, 0.15) is 11.4 Å². The number of carbonyl (C=O) groups excluding carboxylic acids is 2. The number of aromatic amines is 1. The van der Waals surface area contributed by atoms with E-state index in [4.69, 9.17) is 5.21 Å². The molecular formula is C14H16N4O3. The van der Waals surface area contributed by atoms with Crippen LogP contribution in [-0.4, -0.2) is 40.8 Å². The van der Waals surface area contributed by atoms with E-state index in [9.17, 15) is 9.59 Å². The van der Waals surface area contributed by atoms with E-state index in [1.807, 2.05) is 24.3 Å². The van der Waals surface area contributed by atoms with Crippen LogP contribution in [0.15, 0.2) is 35.5 Å².